The maximum atomic E-state index is 10.9. The maximum Gasteiger partial charge on any atom is 0.150 e. The van der Waals surface area contributed by atoms with Crippen LogP contribution in [0.3, 0.4) is 0 Å². The molecule has 0 radical (unpaired) electrons. The van der Waals surface area contributed by atoms with Gasteiger partial charge in [-0.05, 0) is 25.3 Å². The highest BCUT2D eigenvalue weighted by Gasteiger charge is 2.34. The van der Waals surface area contributed by atoms with E-state index in [0.717, 1.165) is 26.1 Å². The van der Waals surface area contributed by atoms with Gasteiger partial charge in [0.25, 0.3) is 0 Å². The maximum absolute atomic E-state index is 10.9. The van der Waals surface area contributed by atoms with Crippen molar-refractivity contribution in [1.29, 1.82) is 0 Å². The summed E-state index contributed by atoms with van der Waals surface area (Å²) in [7, 11) is -2.63. The Labute approximate surface area is 85.4 Å². The van der Waals surface area contributed by atoms with Crippen molar-refractivity contribution in [2.45, 2.75) is 18.9 Å². The molecule has 2 saturated heterocycles. The van der Waals surface area contributed by atoms with Crippen molar-refractivity contribution in [3.63, 3.8) is 0 Å². The van der Waals surface area contributed by atoms with Crippen LogP contribution in [0.25, 0.3) is 0 Å². The zero-order valence-corrected chi connectivity index (χ0v) is 9.17. The van der Waals surface area contributed by atoms with Gasteiger partial charge in [-0.1, -0.05) is 0 Å². The molecule has 0 bridgehead atoms. The van der Waals surface area contributed by atoms with Crippen LogP contribution in [0.15, 0.2) is 0 Å². The molecule has 0 amide bonds. The number of rotatable bonds is 4. The van der Waals surface area contributed by atoms with Crippen LogP contribution in [0.4, 0.5) is 0 Å². The first-order valence-corrected chi connectivity index (χ1v) is 7.07. The van der Waals surface area contributed by atoms with Crippen LogP contribution in [0.5, 0.6) is 0 Å². The number of sulfone groups is 1. The molecule has 4 nitrogen and oxygen atoms in total. The van der Waals surface area contributed by atoms with E-state index in [2.05, 4.69) is 4.90 Å². The molecular formula is C9H18N2O2S. The predicted molar refractivity (Wildman–Crippen MR) is 55.8 cm³/mol. The van der Waals surface area contributed by atoms with E-state index >= 15 is 0 Å². The van der Waals surface area contributed by atoms with Gasteiger partial charge in [0, 0.05) is 19.1 Å². The van der Waals surface area contributed by atoms with Gasteiger partial charge in [0.05, 0.1) is 11.5 Å². The van der Waals surface area contributed by atoms with Gasteiger partial charge < -0.3 is 5.73 Å². The average molecular weight is 218 g/mol. The summed E-state index contributed by atoms with van der Waals surface area (Å²) in [6.07, 6.45) is 2.23. The van der Waals surface area contributed by atoms with Crippen LogP contribution in [-0.2, 0) is 9.84 Å². The number of nitrogens with two attached hydrogens (primary N) is 1. The largest absolute Gasteiger partial charge is 0.329 e. The Morgan fingerprint density at radius 2 is 2.07 bits per heavy atom. The molecule has 2 heterocycles. The van der Waals surface area contributed by atoms with Gasteiger partial charge >= 0.3 is 0 Å². The second kappa shape index (κ2) is 3.79. The minimum absolute atomic E-state index is 0.411. The van der Waals surface area contributed by atoms with Gasteiger partial charge in [0.15, 0.2) is 9.84 Å². The topological polar surface area (TPSA) is 63.4 Å². The lowest BCUT2D eigenvalue weighted by Crippen LogP contribution is -2.52. The first-order valence-electron chi connectivity index (χ1n) is 5.25. The monoisotopic (exact) mass is 218 g/mol. The Balaban J connectivity index is 1.64. The molecule has 0 aliphatic carbocycles. The molecule has 2 rings (SSSR count). The van der Waals surface area contributed by atoms with Crippen molar-refractivity contribution in [3.05, 3.63) is 0 Å². The third kappa shape index (κ3) is 2.10. The van der Waals surface area contributed by atoms with E-state index in [-0.39, 0.29) is 0 Å². The second-order valence-electron chi connectivity index (χ2n) is 4.45. The summed E-state index contributed by atoms with van der Waals surface area (Å²) in [4.78, 5) is 2.37. The Morgan fingerprint density at radius 3 is 2.50 bits per heavy atom. The standard InChI is InChI=1S/C9H18N2O2S/c10-5-9-2-4-11(9)3-1-8-6-14(12,13)7-8/h8-9H,1-7,10H2. The average Bonchev–Trinajstić information content (AvgIpc) is 2.00. The van der Waals surface area contributed by atoms with Crippen LogP contribution in [0, 0.1) is 5.92 Å². The van der Waals surface area contributed by atoms with Crippen LogP contribution in [0.2, 0.25) is 0 Å². The zero-order chi connectivity index (χ0) is 10.2. The minimum Gasteiger partial charge on any atom is -0.329 e. The van der Waals surface area contributed by atoms with E-state index in [1.807, 2.05) is 0 Å². The van der Waals surface area contributed by atoms with Crippen molar-refractivity contribution < 1.29 is 8.42 Å². The molecule has 2 fully saturated rings. The molecule has 1 unspecified atom stereocenters. The van der Waals surface area contributed by atoms with Gasteiger partial charge in [-0.15, -0.1) is 0 Å². The van der Waals surface area contributed by atoms with Crippen molar-refractivity contribution in [3.8, 4) is 0 Å². The normalized spacial score (nSPS) is 32.2. The lowest BCUT2D eigenvalue weighted by molar-refractivity contribution is 0.0906. The molecule has 0 aromatic carbocycles. The lowest BCUT2D eigenvalue weighted by atomic mass is 10.0. The van der Waals surface area contributed by atoms with E-state index in [1.165, 1.54) is 6.42 Å². The van der Waals surface area contributed by atoms with Crippen LogP contribution >= 0.6 is 0 Å². The first-order chi connectivity index (χ1) is 6.61. The Kier molecular flexibility index (Phi) is 2.81. The number of nitrogens with zero attached hydrogens (tertiary/aromatic N) is 1. The van der Waals surface area contributed by atoms with E-state index in [9.17, 15) is 8.42 Å². The van der Waals surface area contributed by atoms with E-state index in [0.29, 0.717) is 23.5 Å². The molecule has 0 aromatic heterocycles. The number of likely N-dealkylation sites (tertiary alicyclic amines) is 1. The quantitative estimate of drug-likeness (QED) is 0.688. The fourth-order valence-electron chi connectivity index (χ4n) is 2.24. The fraction of sp³-hybridized carbons (Fsp3) is 1.00. The highest BCUT2D eigenvalue weighted by molar-refractivity contribution is 7.92. The first kappa shape index (κ1) is 10.4. The third-order valence-corrected chi connectivity index (χ3v) is 5.30. The van der Waals surface area contributed by atoms with E-state index < -0.39 is 9.84 Å². The van der Waals surface area contributed by atoms with Crippen molar-refractivity contribution in [2.75, 3.05) is 31.1 Å². The fourth-order valence-corrected chi connectivity index (χ4v) is 3.91. The predicted octanol–water partition coefficient (Wildman–Crippen LogP) is -0.546. The molecule has 0 spiro atoms. The van der Waals surface area contributed by atoms with Crippen molar-refractivity contribution >= 4 is 9.84 Å². The summed E-state index contributed by atoms with van der Waals surface area (Å²) < 4.78 is 21.8. The van der Waals surface area contributed by atoms with Crippen LogP contribution < -0.4 is 5.73 Å². The van der Waals surface area contributed by atoms with Crippen molar-refractivity contribution in [1.82, 2.24) is 4.90 Å². The summed E-state index contributed by atoms with van der Waals surface area (Å²) in [5.74, 6) is 1.24. The molecule has 2 aliphatic heterocycles. The molecule has 1 atom stereocenters. The number of hydrogen-bond acceptors (Lipinski definition) is 4. The molecule has 14 heavy (non-hydrogen) atoms. The summed E-state index contributed by atoms with van der Waals surface area (Å²) >= 11 is 0. The summed E-state index contributed by atoms with van der Waals surface area (Å²) in [6, 6.07) is 0.562. The van der Waals surface area contributed by atoms with Crippen LogP contribution in [0.1, 0.15) is 12.8 Å². The molecule has 5 heteroatoms. The Bertz CT molecular complexity index is 288. The number of hydrogen-bond donors (Lipinski definition) is 1. The van der Waals surface area contributed by atoms with Gasteiger partial charge in [-0.3, -0.25) is 4.90 Å². The molecular weight excluding hydrogens is 200 g/mol. The van der Waals surface area contributed by atoms with E-state index in [4.69, 9.17) is 5.73 Å². The smallest absolute Gasteiger partial charge is 0.150 e. The second-order valence-corrected chi connectivity index (χ2v) is 6.60. The molecule has 2 N–H and O–H groups in total. The SMILES string of the molecule is NCC1CCN1CCC1CS(=O)(=O)C1. The van der Waals surface area contributed by atoms with Crippen LogP contribution in [-0.4, -0.2) is 50.5 Å². The van der Waals surface area contributed by atoms with Gasteiger partial charge in [-0.25, -0.2) is 8.42 Å². The summed E-state index contributed by atoms with van der Waals surface area (Å²) in [5.41, 5.74) is 5.58. The third-order valence-electron chi connectivity index (χ3n) is 3.34. The summed E-state index contributed by atoms with van der Waals surface area (Å²) in [6.45, 7) is 2.91. The molecule has 0 saturated carbocycles. The molecule has 82 valence electrons. The Hall–Kier alpha value is -0.130. The van der Waals surface area contributed by atoms with Gasteiger partial charge in [-0.2, -0.15) is 0 Å². The zero-order valence-electron chi connectivity index (χ0n) is 8.35. The highest BCUT2D eigenvalue weighted by atomic mass is 32.2. The molecule has 0 aromatic rings. The lowest BCUT2D eigenvalue weighted by Gasteiger charge is -2.41. The van der Waals surface area contributed by atoms with E-state index in [1.54, 1.807) is 0 Å². The molecule has 2 aliphatic rings. The minimum atomic E-state index is -2.63. The van der Waals surface area contributed by atoms with Gasteiger partial charge in [0.2, 0.25) is 0 Å². The highest BCUT2D eigenvalue weighted by Crippen LogP contribution is 2.24. The van der Waals surface area contributed by atoms with Crippen molar-refractivity contribution in [2.24, 2.45) is 11.7 Å². The Morgan fingerprint density at radius 1 is 1.36 bits per heavy atom. The van der Waals surface area contributed by atoms with Gasteiger partial charge in [0.1, 0.15) is 0 Å². The summed E-state index contributed by atoms with van der Waals surface area (Å²) in [5, 5.41) is 0.